The van der Waals surface area contributed by atoms with Crippen LogP contribution in [0.25, 0.3) is 0 Å². The van der Waals surface area contributed by atoms with E-state index in [9.17, 15) is 28.0 Å². The van der Waals surface area contributed by atoms with Crippen LogP contribution >= 0.6 is 0 Å². The van der Waals surface area contributed by atoms with Gasteiger partial charge in [-0.05, 0) is 31.6 Å². The van der Waals surface area contributed by atoms with Crippen molar-refractivity contribution in [2.75, 3.05) is 7.11 Å². The van der Waals surface area contributed by atoms with Gasteiger partial charge in [0.2, 0.25) is 0 Å². The van der Waals surface area contributed by atoms with E-state index in [1.165, 1.54) is 7.11 Å². The number of carbonyl (C=O) groups excluding carboxylic acids is 1. The third-order valence-electron chi connectivity index (χ3n) is 6.24. The Morgan fingerprint density at radius 1 is 0.966 bits per heavy atom. The lowest BCUT2D eigenvalue weighted by Gasteiger charge is -2.43. The number of carbonyl (C=O) groups is 1. The molecule has 0 aromatic rings. The topological polar surface area (TPSA) is 157 Å². The number of ether oxygens (including phenoxy) is 3. The van der Waals surface area contributed by atoms with E-state index in [1.807, 2.05) is 27.7 Å². The molecule has 0 bridgehead atoms. The Hall–Kier alpha value is -0.820. The first-order valence-corrected chi connectivity index (χ1v) is 11.1. The fraction of sp³-hybridized carbons (Fsp3) is 0.944. The van der Waals surface area contributed by atoms with Crippen molar-refractivity contribution in [2.45, 2.75) is 78.3 Å². The van der Waals surface area contributed by atoms with Gasteiger partial charge in [-0.15, -0.1) is 0 Å². The van der Waals surface area contributed by atoms with Crippen LogP contribution in [0.15, 0.2) is 0 Å². The van der Waals surface area contributed by atoms with Crippen molar-refractivity contribution in [2.24, 2.45) is 23.7 Å². The molecule has 2 N–H and O–H groups in total. The second-order valence-electron chi connectivity index (χ2n) is 8.05. The first kappa shape index (κ1) is 26.2. The van der Waals surface area contributed by atoms with Crippen molar-refractivity contribution in [1.29, 1.82) is 0 Å². The highest BCUT2D eigenvalue weighted by atomic mass is 32.2. The molecular formula is C18H33NO9S-2. The van der Waals surface area contributed by atoms with Gasteiger partial charge in [0, 0.05) is 19.1 Å². The average molecular weight is 440 g/mol. The molecule has 0 aromatic heterocycles. The first-order chi connectivity index (χ1) is 13.2. The summed E-state index contributed by atoms with van der Waals surface area (Å²) in [6.45, 7) is 11.3. The summed E-state index contributed by atoms with van der Waals surface area (Å²) in [6.07, 6.45) is -3.02. The van der Waals surface area contributed by atoms with Crippen molar-refractivity contribution < 1.29 is 42.2 Å². The van der Waals surface area contributed by atoms with Gasteiger partial charge in [0.15, 0.2) is 16.6 Å². The zero-order valence-corrected chi connectivity index (χ0v) is 18.7. The Labute approximate surface area is 172 Å². The highest BCUT2D eigenvalue weighted by molar-refractivity contribution is 7.83. The number of rotatable bonds is 4. The van der Waals surface area contributed by atoms with Crippen LogP contribution in [-0.2, 0) is 29.3 Å². The number of methoxy groups -OCH3 is 1. The molecule has 0 amide bonds. The van der Waals surface area contributed by atoms with Crippen molar-refractivity contribution in [3.05, 3.63) is 0 Å². The molecule has 2 saturated heterocycles. The molecule has 29 heavy (non-hydrogen) atoms. The van der Waals surface area contributed by atoms with Crippen LogP contribution in [0.1, 0.15) is 41.5 Å². The van der Waals surface area contributed by atoms with Crippen LogP contribution in [0.5, 0.6) is 0 Å². The molecule has 0 saturated carbocycles. The van der Waals surface area contributed by atoms with Crippen molar-refractivity contribution >= 4 is 16.3 Å². The summed E-state index contributed by atoms with van der Waals surface area (Å²) in [5.41, 5.74) is 0. The molecule has 2 aliphatic rings. The minimum Gasteiger partial charge on any atom is -0.735 e. The Balaban J connectivity index is 0.000000291. The number of carboxylic acid groups (broad SMARTS) is 1. The number of carboxylic acids is 1. The van der Waals surface area contributed by atoms with E-state index in [1.54, 1.807) is 13.8 Å². The van der Waals surface area contributed by atoms with Crippen LogP contribution in [0.3, 0.4) is 0 Å². The fourth-order valence-corrected chi connectivity index (χ4v) is 4.55. The largest absolute Gasteiger partial charge is 0.735 e. The Morgan fingerprint density at radius 3 is 1.97 bits per heavy atom. The summed E-state index contributed by atoms with van der Waals surface area (Å²) in [4.78, 5) is 10.7. The van der Waals surface area contributed by atoms with Gasteiger partial charge in [-0.3, -0.25) is 0 Å². The van der Waals surface area contributed by atoms with E-state index in [0.717, 1.165) is 0 Å². The molecule has 2 heterocycles. The minimum atomic E-state index is -4.41. The normalized spacial score (nSPS) is 43.2. The van der Waals surface area contributed by atoms with Gasteiger partial charge in [0.1, 0.15) is 6.10 Å². The zero-order chi connectivity index (χ0) is 22.7. The summed E-state index contributed by atoms with van der Waals surface area (Å²) >= 11 is 0. The Bertz CT molecular complexity index is 643. The molecular weight excluding hydrogens is 406 g/mol. The highest BCUT2D eigenvalue weighted by Gasteiger charge is 2.41. The van der Waals surface area contributed by atoms with Crippen LogP contribution in [0.2, 0.25) is 0 Å². The van der Waals surface area contributed by atoms with E-state index < -0.39 is 40.8 Å². The molecule has 0 spiro atoms. The number of aliphatic hydroxyl groups excluding tert-OH is 1. The maximum absolute atomic E-state index is 10.7. The first-order valence-electron chi connectivity index (χ1n) is 9.67. The van der Waals surface area contributed by atoms with Gasteiger partial charge in [0.25, 0.3) is 0 Å². The molecule has 172 valence electrons. The zero-order valence-electron chi connectivity index (χ0n) is 17.9. The smallest absolute Gasteiger partial charge is 0.159 e. The summed E-state index contributed by atoms with van der Waals surface area (Å²) < 4.78 is 49.6. The third-order valence-corrected chi connectivity index (χ3v) is 6.80. The molecule has 10 unspecified atom stereocenters. The van der Waals surface area contributed by atoms with Crippen LogP contribution in [0.4, 0.5) is 0 Å². The Kier molecular flexibility index (Phi) is 9.47. The molecule has 2 fully saturated rings. The lowest BCUT2D eigenvalue weighted by molar-refractivity contribution is -0.339. The van der Waals surface area contributed by atoms with E-state index in [2.05, 4.69) is 4.72 Å². The van der Waals surface area contributed by atoms with Gasteiger partial charge in [0.05, 0.1) is 24.3 Å². The molecule has 2 rings (SSSR count). The quantitative estimate of drug-likeness (QED) is 0.536. The van der Waals surface area contributed by atoms with Gasteiger partial charge < -0.3 is 33.8 Å². The summed E-state index contributed by atoms with van der Waals surface area (Å²) in [5.74, 6) is -1.29. The van der Waals surface area contributed by atoms with Gasteiger partial charge >= 0.3 is 0 Å². The van der Waals surface area contributed by atoms with E-state index >= 15 is 0 Å². The molecule has 2 aliphatic heterocycles. The molecule has 0 aromatic carbocycles. The minimum absolute atomic E-state index is 0.0856. The average Bonchev–Trinajstić information content (AvgIpc) is 2.61. The Morgan fingerprint density at radius 2 is 1.52 bits per heavy atom. The number of hydrogen-bond donors (Lipinski definition) is 2. The predicted molar refractivity (Wildman–Crippen MR) is 100.0 cm³/mol. The maximum atomic E-state index is 10.7. The molecule has 11 heteroatoms. The van der Waals surface area contributed by atoms with Crippen LogP contribution in [0, 0.1) is 23.7 Å². The number of hydrogen-bond acceptors (Lipinski definition) is 9. The SMILES string of the molecule is CC1OC(C)C(NS(=O)(=O)[O-])C(C)C1C.COC1C(C(=O)[O-])OC(O)C(C)C1C. The standard InChI is InChI=1S/C9H19NO4S.C9H16O5/c1-5-6(2)9(10-15(11,12)13)8(4)14-7(5)3;1-4-5(2)9(12)14-7(8(10)11)6(4)13-3/h5-10H,1-4H3,(H,11,12,13);4-7,9,12H,1-3H3,(H,10,11)/p-2. The second-order valence-corrected chi connectivity index (χ2v) is 9.19. The van der Waals surface area contributed by atoms with Gasteiger partial charge in [-0.1, -0.05) is 27.7 Å². The second kappa shape index (κ2) is 10.5. The van der Waals surface area contributed by atoms with E-state index in [0.29, 0.717) is 0 Å². The molecule has 10 atom stereocenters. The number of nitrogens with one attached hydrogen (secondary N) is 1. The van der Waals surface area contributed by atoms with Crippen molar-refractivity contribution in [1.82, 2.24) is 4.72 Å². The number of aliphatic hydroxyl groups is 1. The van der Waals surface area contributed by atoms with Crippen molar-refractivity contribution in [3.8, 4) is 0 Å². The molecule has 0 aliphatic carbocycles. The van der Waals surface area contributed by atoms with Gasteiger partial charge in [-0.25, -0.2) is 13.1 Å². The fourth-order valence-electron chi connectivity index (χ4n) is 3.81. The predicted octanol–water partition coefficient (Wildman–Crippen LogP) is -0.775. The number of aliphatic carboxylic acids is 1. The van der Waals surface area contributed by atoms with E-state index in [4.69, 9.17) is 14.2 Å². The molecule has 0 radical (unpaired) electrons. The molecule has 10 nitrogen and oxygen atoms in total. The summed E-state index contributed by atoms with van der Waals surface area (Å²) in [6, 6.07) is -0.432. The lowest BCUT2D eigenvalue weighted by atomic mass is 9.81. The lowest BCUT2D eigenvalue weighted by Crippen LogP contribution is -2.56. The van der Waals surface area contributed by atoms with E-state index in [-0.39, 0.29) is 35.9 Å². The third kappa shape index (κ3) is 6.84. The van der Waals surface area contributed by atoms with Gasteiger partial charge in [-0.2, -0.15) is 0 Å². The maximum Gasteiger partial charge on any atom is 0.159 e. The van der Waals surface area contributed by atoms with Crippen molar-refractivity contribution in [3.63, 3.8) is 0 Å². The van der Waals surface area contributed by atoms with Crippen LogP contribution in [-0.4, -0.2) is 67.9 Å². The highest BCUT2D eigenvalue weighted by Crippen LogP contribution is 2.31. The summed E-state index contributed by atoms with van der Waals surface area (Å²) in [7, 11) is -2.99. The summed E-state index contributed by atoms with van der Waals surface area (Å²) in [5, 5.41) is 20.1. The monoisotopic (exact) mass is 439 g/mol. The van der Waals surface area contributed by atoms with Crippen LogP contribution < -0.4 is 9.83 Å².